The summed E-state index contributed by atoms with van der Waals surface area (Å²) in [5.41, 5.74) is 0.799. The van der Waals surface area contributed by atoms with Gasteiger partial charge >= 0.3 is 0 Å². The number of hydrogen-bond acceptors (Lipinski definition) is 2. The molecule has 0 heterocycles. The molecule has 1 atom stereocenters. The standard InChI is InChI=1S/C9H12O2/c10-7-8-3-1-2-4-9(11)6-5-8/h2-4,7,9,11H,1,5-6H2/b4-2+,8-3+. The van der Waals surface area contributed by atoms with Gasteiger partial charge in [-0.05, 0) is 24.8 Å². The Labute approximate surface area is 66.2 Å². The van der Waals surface area contributed by atoms with E-state index < -0.39 is 0 Å². The van der Waals surface area contributed by atoms with Gasteiger partial charge in [0.1, 0.15) is 6.29 Å². The van der Waals surface area contributed by atoms with Crippen LogP contribution in [-0.2, 0) is 4.79 Å². The summed E-state index contributed by atoms with van der Waals surface area (Å²) >= 11 is 0. The number of aldehydes is 1. The van der Waals surface area contributed by atoms with Gasteiger partial charge in [-0.25, -0.2) is 0 Å². The number of carbonyl (C=O) groups is 1. The van der Waals surface area contributed by atoms with Crippen LogP contribution < -0.4 is 0 Å². The van der Waals surface area contributed by atoms with Crippen LogP contribution in [0.4, 0.5) is 0 Å². The van der Waals surface area contributed by atoms with E-state index in [0.29, 0.717) is 12.8 Å². The molecule has 0 aliphatic heterocycles. The molecular formula is C9H12O2. The summed E-state index contributed by atoms with van der Waals surface area (Å²) in [6.45, 7) is 0. The molecule has 1 aliphatic rings. The zero-order chi connectivity index (χ0) is 8.10. The predicted molar refractivity (Wildman–Crippen MR) is 43.1 cm³/mol. The number of aliphatic hydroxyl groups is 1. The first-order valence-electron chi connectivity index (χ1n) is 3.82. The Bertz CT molecular complexity index is 192. The smallest absolute Gasteiger partial charge is 0.145 e. The molecule has 0 aromatic carbocycles. The van der Waals surface area contributed by atoms with Gasteiger partial charge in [-0.15, -0.1) is 0 Å². The van der Waals surface area contributed by atoms with Crippen LogP contribution in [0.15, 0.2) is 23.8 Å². The summed E-state index contributed by atoms with van der Waals surface area (Å²) in [5.74, 6) is 0. The first-order valence-corrected chi connectivity index (χ1v) is 3.82. The predicted octanol–water partition coefficient (Wildman–Crippen LogP) is 1.21. The highest BCUT2D eigenvalue weighted by atomic mass is 16.3. The van der Waals surface area contributed by atoms with Crippen molar-refractivity contribution in [2.45, 2.75) is 25.4 Å². The van der Waals surface area contributed by atoms with E-state index in [0.717, 1.165) is 18.3 Å². The Morgan fingerprint density at radius 3 is 3.18 bits per heavy atom. The van der Waals surface area contributed by atoms with Crippen molar-refractivity contribution in [3.8, 4) is 0 Å². The number of hydrogen-bond donors (Lipinski definition) is 1. The van der Waals surface area contributed by atoms with Crippen LogP contribution in [0.25, 0.3) is 0 Å². The molecule has 1 unspecified atom stereocenters. The Hall–Kier alpha value is -0.890. The maximum absolute atomic E-state index is 10.4. The Morgan fingerprint density at radius 1 is 1.64 bits per heavy atom. The van der Waals surface area contributed by atoms with E-state index in [1.165, 1.54) is 0 Å². The third-order valence-corrected chi connectivity index (χ3v) is 1.75. The highest BCUT2D eigenvalue weighted by Gasteiger charge is 2.03. The molecule has 0 saturated carbocycles. The number of carbonyl (C=O) groups excluding carboxylic acids is 1. The van der Waals surface area contributed by atoms with Crippen LogP contribution in [0, 0.1) is 0 Å². The summed E-state index contributed by atoms with van der Waals surface area (Å²) < 4.78 is 0. The molecular weight excluding hydrogens is 140 g/mol. The van der Waals surface area contributed by atoms with Gasteiger partial charge in [-0.3, -0.25) is 4.79 Å². The fourth-order valence-corrected chi connectivity index (χ4v) is 1.07. The summed E-state index contributed by atoms with van der Waals surface area (Å²) in [6, 6.07) is 0. The SMILES string of the molecule is O=C/C1=C/C/C=C/C(O)CC1. The third-order valence-electron chi connectivity index (χ3n) is 1.75. The van der Waals surface area contributed by atoms with Crippen molar-refractivity contribution in [3.05, 3.63) is 23.8 Å². The lowest BCUT2D eigenvalue weighted by atomic mass is 10.0. The van der Waals surface area contributed by atoms with Gasteiger partial charge in [0.05, 0.1) is 6.10 Å². The normalized spacial score (nSPS) is 32.8. The largest absolute Gasteiger partial charge is 0.389 e. The molecule has 0 fully saturated rings. The molecule has 2 nitrogen and oxygen atoms in total. The van der Waals surface area contributed by atoms with E-state index in [-0.39, 0.29) is 6.10 Å². The van der Waals surface area contributed by atoms with E-state index in [1.54, 1.807) is 6.08 Å². The highest BCUT2D eigenvalue weighted by molar-refractivity contribution is 5.73. The lowest BCUT2D eigenvalue weighted by molar-refractivity contribution is -0.105. The van der Waals surface area contributed by atoms with E-state index in [9.17, 15) is 9.90 Å². The van der Waals surface area contributed by atoms with Crippen LogP contribution in [0.2, 0.25) is 0 Å². The Morgan fingerprint density at radius 2 is 2.45 bits per heavy atom. The van der Waals surface area contributed by atoms with Crippen molar-refractivity contribution in [3.63, 3.8) is 0 Å². The maximum atomic E-state index is 10.4. The molecule has 0 spiro atoms. The van der Waals surface area contributed by atoms with Gasteiger partial charge in [0.25, 0.3) is 0 Å². The summed E-state index contributed by atoms with van der Waals surface area (Å²) in [6.07, 6.45) is 8.15. The molecule has 11 heavy (non-hydrogen) atoms. The van der Waals surface area contributed by atoms with Crippen LogP contribution in [-0.4, -0.2) is 17.5 Å². The van der Waals surface area contributed by atoms with Gasteiger partial charge in [-0.1, -0.05) is 18.2 Å². The van der Waals surface area contributed by atoms with Gasteiger partial charge in [0, 0.05) is 0 Å². The van der Waals surface area contributed by atoms with Gasteiger partial charge in [0.15, 0.2) is 0 Å². The molecule has 1 N–H and O–H groups in total. The van der Waals surface area contributed by atoms with Crippen molar-refractivity contribution in [1.82, 2.24) is 0 Å². The summed E-state index contributed by atoms with van der Waals surface area (Å²) in [5, 5.41) is 9.20. The van der Waals surface area contributed by atoms with Crippen LogP contribution in [0.5, 0.6) is 0 Å². The quantitative estimate of drug-likeness (QED) is 0.453. The zero-order valence-electron chi connectivity index (χ0n) is 6.36. The Balaban J connectivity index is 2.58. The highest BCUT2D eigenvalue weighted by Crippen LogP contribution is 2.10. The molecule has 1 rings (SSSR count). The molecule has 1 aliphatic carbocycles. The Kier molecular flexibility index (Phi) is 3.05. The minimum Gasteiger partial charge on any atom is -0.389 e. The molecule has 0 aromatic heterocycles. The zero-order valence-corrected chi connectivity index (χ0v) is 6.36. The van der Waals surface area contributed by atoms with Crippen LogP contribution >= 0.6 is 0 Å². The first-order chi connectivity index (χ1) is 5.33. The van der Waals surface area contributed by atoms with Crippen molar-refractivity contribution in [2.24, 2.45) is 0 Å². The third kappa shape index (κ3) is 2.68. The minimum atomic E-state index is -0.376. The van der Waals surface area contributed by atoms with E-state index in [4.69, 9.17) is 0 Å². The van der Waals surface area contributed by atoms with Crippen molar-refractivity contribution < 1.29 is 9.90 Å². The topological polar surface area (TPSA) is 37.3 Å². The number of rotatable bonds is 1. The monoisotopic (exact) mass is 152 g/mol. The molecule has 0 radical (unpaired) electrons. The van der Waals surface area contributed by atoms with Crippen molar-refractivity contribution in [2.75, 3.05) is 0 Å². The van der Waals surface area contributed by atoms with Crippen molar-refractivity contribution in [1.29, 1.82) is 0 Å². The van der Waals surface area contributed by atoms with Crippen LogP contribution in [0.3, 0.4) is 0 Å². The van der Waals surface area contributed by atoms with Crippen LogP contribution in [0.1, 0.15) is 19.3 Å². The fourth-order valence-electron chi connectivity index (χ4n) is 1.07. The lowest BCUT2D eigenvalue weighted by Gasteiger charge is -2.07. The molecule has 0 amide bonds. The summed E-state index contributed by atoms with van der Waals surface area (Å²) in [7, 11) is 0. The average molecular weight is 152 g/mol. The first kappa shape index (κ1) is 8.21. The molecule has 0 aromatic rings. The second-order valence-electron chi connectivity index (χ2n) is 2.67. The molecule has 60 valence electrons. The number of allylic oxidation sites excluding steroid dienone is 3. The minimum absolute atomic E-state index is 0.376. The second kappa shape index (κ2) is 4.09. The lowest BCUT2D eigenvalue weighted by Crippen LogP contribution is -2.04. The average Bonchev–Trinajstić information content (AvgIpc) is 1.98. The fraction of sp³-hybridized carbons (Fsp3) is 0.444. The van der Waals surface area contributed by atoms with Gasteiger partial charge in [0.2, 0.25) is 0 Å². The summed E-state index contributed by atoms with van der Waals surface area (Å²) in [4.78, 5) is 10.4. The molecule has 2 heteroatoms. The van der Waals surface area contributed by atoms with Gasteiger partial charge < -0.3 is 5.11 Å². The molecule has 0 bridgehead atoms. The van der Waals surface area contributed by atoms with E-state index in [2.05, 4.69) is 0 Å². The number of aliphatic hydroxyl groups excluding tert-OH is 1. The maximum Gasteiger partial charge on any atom is 0.145 e. The van der Waals surface area contributed by atoms with E-state index in [1.807, 2.05) is 12.2 Å². The molecule has 0 saturated heterocycles. The second-order valence-corrected chi connectivity index (χ2v) is 2.67. The van der Waals surface area contributed by atoms with E-state index >= 15 is 0 Å². The van der Waals surface area contributed by atoms with Gasteiger partial charge in [-0.2, -0.15) is 0 Å². The van der Waals surface area contributed by atoms with Crippen molar-refractivity contribution >= 4 is 6.29 Å².